The number of nitrogens with two attached hydrogens (primary N) is 1. The number of rotatable bonds is 3. The minimum absolute atomic E-state index is 0.664. The summed E-state index contributed by atoms with van der Waals surface area (Å²) in [6.07, 6.45) is 4.62. The Morgan fingerprint density at radius 3 is 2.93 bits per heavy atom. The second-order valence-corrected chi connectivity index (χ2v) is 3.62. The zero-order valence-corrected chi connectivity index (χ0v) is 8.85. The quantitative estimate of drug-likeness (QED) is 0.821. The molecular weight excluding hydrogens is 186 g/mol. The third-order valence-electron chi connectivity index (χ3n) is 2.40. The van der Waals surface area contributed by atoms with Crippen molar-refractivity contribution >= 4 is 0 Å². The average molecular weight is 201 g/mol. The van der Waals surface area contributed by atoms with E-state index < -0.39 is 0 Å². The fraction of sp³-hybridized carbons (Fsp3) is 0.250. The van der Waals surface area contributed by atoms with Crippen LogP contribution in [-0.4, -0.2) is 16.3 Å². The molecule has 0 fully saturated rings. The van der Waals surface area contributed by atoms with Gasteiger partial charge in [-0.15, -0.1) is 0 Å². The van der Waals surface area contributed by atoms with E-state index in [0.717, 1.165) is 12.1 Å². The van der Waals surface area contributed by atoms with Crippen molar-refractivity contribution in [2.24, 2.45) is 5.73 Å². The molecule has 0 aliphatic heterocycles. The molecule has 3 nitrogen and oxygen atoms in total. The lowest BCUT2D eigenvalue weighted by molar-refractivity contribution is 0.849. The third-order valence-corrected chi connectivity index (χ3v) is 2.40. The smallest absolute Gasteiger partial charge is 0.0678 e. The second kappa shape index (κ2) is 4.28. The van der Waals surface area contributed by atoms with Crippen molar-refractivity contribution < 1.29 is 0 Å². The van der Waals surface area contributed by atoms with E-state index in [0.29, 0.717) is 6.54 Å². The third kappa shape index (κ3) is 2.07. The maximum Gasteiger partial charge on any atom is 0.0678 e. The largest absolute Gasteiger partial charge is 0.330 e. The summed E-state index contributed by atoms with van der Waals surface area (Å²) in [6.45, 7) is 2.75. The van der Waals surface area contributed by atoms with Crippen LogP contribution in [0, 0.1) is 6.92 Å². The fourth-order valence-electron chi connectivity index (χ4n) is 1.70. The number of nitrogens with zero attached hydrogens (tertiary/aromatic N) is 2. The second-order valence-electron chi connectivity index (χ2n) is 3.62. The van der Waals surface area contributed by atoms with Crippen LogP contribution in [0.5, 0.6) is 0 Å². The Bertz CT molecular complexity index is 432. The Hall–Kier alpha value is -1.61. The van der Waals surface area contributed by atoms with Gasteiger partial charge in [0.15, 0.2) is 0 Å². The Kier molecular flexibility index (Phi) is 2.83. The van der Waals surface area contributed by atoms with Gasteiger partial charge in [0.25, 0.3) is 0 Å². The highest BCUT2D eigenvalue weighted by atomic mass is 15.3. The van der Waals surface area contributed by atoms with Crippen LogP contribution >= 0.6 is 0 Å². The number of hydrogen-bond acceptors (Lipinski definition) is 2. The number of hydrogen-bond donors (Lipinski definition) is 1. The fourth-order valence-corrected chi connectivity index (χ4v) is 1.70. The van der Waals surface area contributed by atoms with Gasteiger partial charge in [-0.3, -0.25) is 0 Å². The summed E-state index contributed by atoms with van der Waals surface area (Å²) in [5, 5.41) is 4.23. The van der Waals surface area contributed by atoms with Crippen molar-refractivity contribution in [2.45, 2.75) is 13.3 Å². The first-order valence-electron chi connectivity index (χ1n) is 5.11. The van der Waals surface area contributed by atoms with E-state index in [1.807, 2.05) is 16.9 Å². The predicted molar refractivity (Wildman–Crippen MR) is 61.1 cm³/mol. The van der Waals surface area contributed by atoms with Crippen molar-refractivity contribution in [3.05, 3.63) is 47.8 Å². The van der Waals surface area contributed by atoms with Crippen molar-refractivity contribution in [1.29, 1.82) is 0 Å². The number of benzene rings is 1. The van der Waals surface area contributed by atoms with Gasteiger partial charge < -0.3 is 5.73 Å². The molecule has 3 heteroatoms. The Labute approximate surface area is 89.5 Å². The lowest BCUT2D eigenvalue weighted by Crippen LogP contribution is -2.07. The molecule has 0 spiro atoms. The molecule has 2 rings (SSSR count). The van der Waals surface area contributed by atoms with Crippen LogP contribution in [0.3, 0.4) is 0 Å². The summed E-state index contributed by atoms with van der Waals surface area (Å²) >= 11 is 0. The summed E-state index contributed by atoms with van der Waals surface area (Å²) in [5.41, 5.74) is 9.23. The van der Waals surface area contributed by atoms with Gasteiger partial charge in [-0.05, 0) is 37.6 Å². The van der Waals surface area contributed by atoms with Crippen LogP contribution in [0.2, 0.25) is 0 Å². The minimum Gasteiger partial charge on any atom is -0.330 e. The topological polar surface area (TPSA) is 43.8 Å². The van der Waals surface area contributed by atoms with Crippen LogP contribution in [0.25, 0.3) is 5.69 Å². The zero-order chi connectivity index (χ0) is 10.7. The normalized spacial score (nSPS) is 10.5. The molecule has 1 aromatic heterocycles. The van der Waals surface area contributed by atoms with Crippen molar-refractivity contribution in [3.63, 3.8) is 0 Å². The molecule has 2 aromatic rings. The van der Waals surface area contributed by atoms with Gasteiger partial charge in [0.1, 0.15) is 0 Å². The molecule has 0 aliphatic carbocycles. The lowest BCUT2D eigenvalue weighted by atomic mass is 10.1. The van der Waals surface area contributed by atoms with Gasteiger partial charge in [-0.1, -0.05) is 17.7 Å². The van der Waals surface area contributed by atoms with Gasteiger partial charge in [0.2, 0.25) is 0 Å². The van der Waals surface area contributed by atoms with Crippen LogP contribution in [-0.2, 0) is 6.42 Å². The standard InChI is InChI=1S/C12H15N3/c1-10-3-4-12(11(9-10)5-6-13)15-8-2-7-14-15/h2-4,7-9H,5-6,13H2,1H3. The van der Waals surface area contributed by atoms with E-state index in [1.54, 1.807) is 6.20 Å². The highest BCUT2D eigenvalue weighted by molar-refractivity contribution is 5.42. The van der Waals surface area contributed by atoms with Crippen molar-refractivity contribution in [2.75, 3.05) is 6.54 Å². The van der Waals surface area contributed by atoms with Crippen LogP contribution in [0.4, 0.5) is 0 Å². The molecule has 0 amide bonds. The Morgan fingerprint density at radius 1 is 1.40 bits per heavy atom. The summed E-state index contributed by atoms with van der Waals surface area (Å²) in [4.78, 5) is 0. The molecular formula is C12H15N3. The van der Waals surface area contributed by atoms with E-state index in [9.17, 15) is 0 Å². The highest BCUT2D eigenvalue weighted by Crippen LogP contribution is 2.15. The molecule has 0 saturated heterocycles. The number of aromatic nitrogens is 2. The van der Waals surface area contributed by atoms with E-state index in [1.165, 1.54) is 11.1 Å². The molecule has 0 atom stereocenters. The Morgan fingerprint density at radius 2 is 2.27 bits per heavy atom. The van der Waals surface area contributed by atoms with E-state index >= 15 is 0 Å². The Balaban J connectivity index is 2.46. The van der Waals surface area contributed by atoms with Gasteiger partial charge in [-0.25, -0.2) is 4.68 Å². The highest BCUT2D eigenvalue weighted by Gasteiger charge is 2.04. The van der Waals surface area contributed by atoms with Crippen molar-refractivity contribution in [3.8, 4) is 5.69 Å². The monoisotopic (exact) mass is 201 g/mol. The van der Waals surface area contributed by atoms with Crippen molar-refractivity contribution in [1.82, 2.24) is 9.78 Å². The molecule has 2 N–H and O–H groups in total. The van der Waals surface area contributed by atoms with Crippen LogP contribution < -0.4 is 5.73 Å². The molecule has 1 aromatic carbocycles. The molecule has 0 unspecified atom stereocenters. The molecule has 15 heavy (non-hydrogen) atoms. The van der Waals surface area contributed by atoms with E-state index in [-0.39, 0.29) is 0 Å². The maximum atomic E-state index is 5.60. The molecule has 78 valence electrons. The predicted octanol–water partition coefficient (Wildman–Crippen LogP) is 1.68. The van der Waals surface area contributed by atoms with Gasteiger partial charge in [0.05, 0.1) is 5.69 Å². The van der Waals surface area contributed by atoms with Gasteiger partial charge >= 0.3 is 0 Å². The maximum absolute atomic E-state index is 5.60. The SMILES string of the molecule is Cc1ccc(-n2cccn2)c(CCN)c1. The van der Waals surface area contributed by atoms with Crippen LogP contribution in [0.1, 0.15) is 11.1 Å². The zero-order valence-electron chi connectivity index (χ0n) is 8.85. The molecule has 1 heterocycles. The first-order chi connectivity index (χ1) is 7.31. The van der Waals surface area contributed by atoms with E-state index in [2.05, 4.69) is 30.2 Å². The lowest BCUT2D eigenvalue weighted by Gasteiger charge is -2.09. The summed E-state index contributed by atoms with van der Waals surface area (Å²) < 4.78 is 1.88. The van der Waals surface area contributed by atoms with E-state index in [4.69, 9.17) is 5.73 Å². The first kappa shape index (κ1) is 9.93. The minimum atomic E-state index is 0.664. The van der Waals surface area contributed by atoms with Gasteiger partial charge in [0, 0.05) is 12.4 Å². The summed E-state index contributed by atoms with van der Waals surface area (Å²) in [7, 11) is 0. The average Bonchev–Trinajstić information content (AvgIpc) is 2.71. The molecule has 0 aliphatic rings. The summed E-state index contributed by atoms with van der Waals surface area (Å²) in [6, 6.07) is 8.28. The summed E-state index contributed by atoms with van der Waals surface area (Å²) in [5.74, 6) is 0. The molecule has 0 bridgehead atoms. The van der Waals surface area contributed by atoms with Crippen LogP contribution in [0.15, 0.2) is 36.7 Å². The molecule has 0 radical (unpaired) electrons. The van der Waals surface area contributed by atoms with Gasteiger partial charge in [-0.2, -0.15) is 5.10 Å². The number of aryl methyl sites for hydroxylation is 1. The molecule has 0 saturated carbocycles. The first-order valence-corrected chi connectivity index (χ1v) is 5.11.